The highest BCUT2D eigenvalue weighted by Gasteiger charge is 2.11. The van der Waals surface area contributed by atoms with Gasteiger partial charge in [0.05, 0.1) is 4.36 Å². The topological polar surface area (TPSA) is 63.3 Å². The van der Waals surface area contributed by atoms with Gasteiger partial charge in [-0.25, -0.2) is 0 Å². The van der Waals surface area contributed by atoms with Crippen LogP contribution in [-0.2, 0) is 4.79 Å². The number of carbonyl (C=O) groups is 1. The van der Waals surface area contributed by atoms with Crippen molar-refractivity contribution in [1.29, 1.82) is 0 Å². The number of thioether (sulfide) groups is 1. The molecule has 0 amide bonds. The van der Waals surface area contributed by atoms with Crippen molar-refractivity contribution < 1.29 is 9.90 Å². The first-order valence-corrected chi connectivity index (χ1v) is 4.45. The Kier molecular flexibility index (Phi) is 9.94. The molecule has 7 heteroatoms. The van der Waals surface area contributed by atoms with Crippen LogP contribution in [0.25, 0.3) is 0 Å². The number of carboxylic acid groups (broad SMARTS) is 1. The highest BCUT2D eigenvalue weighted by molar-refractivity contribution is 8.04. The number of aliphatic carboxylic acids is 1. The fourth-order valence-electron chi connectivity index (χ4n) is 0.272. The van der Waals surface area contributed by atoms with Crippen molar-refractivity contribution in [2.45, 2.75) is 6.04 Å². The average molecular weight is 253 g/mol. The minimum Gasteiger partial charge on any atom is -0.480 e. The maximum absolute atomic E-state index is 10.2. The fourth-order valence-corrected chi connectivity index (χ4v) is 1.19. The summed E-state index contributed by atoms with van der Waals surface area (Å²) in [4.78, 5) is 10.2. The first-order chi connectivity index (χ1) is 5.07. The Balaban J connectivity index is 0. The van der Waals surface area contributed by atoms with Crippen LogP contribution in [0.15, 0.2) is 9.90 Å². The number of rotatable bonds is 4. The van der Waals surface area contributed by atoms with E-state index >= 15 is 0 Å². The van der Waals surface area contributed by atoms with E-state index in [0.717, 1.165) is 11.8 Å². The molecular weight excluding hydrogens is 244 g/mol. The van der Waals surface area contributed by atoms with Gasteiger partial charge in [0.25, 0.3) is 0 Å². The molecule has 0 aromatic rings. The second kappa shape index (κ2) is 8.01. The normalized spacial score (nSPS) is 13.4. The van der Waals surface area contributed by atoms with Crippen molar-refractivity contribution >= 4 is 53.3 Å². The lowest BCUT2D eigenvalue weighted by Gasteiger charge is -2.03. The van der Waals surface area contributed by atoms with Crippen LogP contribution in [0.2, 0.25) is 0 Å². The lowest BCUT2D eigenvalue weighted by Crippen LogP contribution is -2.32. The van der Waals surface area contributed by atoms with Gasteiger partial charge in [-0.2, -0.15) is 0 Å². The van der Waals surface area contributed by atoms with Gasteiger partial charge in [-0.3, -0.25) is 4.79 Å². The standard InChI is InChI=1S/C5H7Cl2NO2S.ClH/c6-1-4(7)11-2-3(8)5(9)10;/h1,3H,2,8H2,(H,9,10);1H/b4-1-;/t3-;/m0./s1. The number of hydrogen-bond acceptors (Lipinski definition) is 3. The van der Waals surface area contributed by atoms with Crippen molar-refractivity contribution in [3.63, 3.8) is 0 Å². The van der Waals surface area contributed by atoms with E-state index in [9.17, 15) is 4.79 Å². The summed E-state index contributed by atoms with van der Waals surface area (Å²) in [5, 5.41) is 8.33. The summed E-state index contributed by atoms with van der Waals surface area (Å²) < 4.78 is 0.336. The van der Waals surface area contributed by atoms with Gasteiger partial charge < -0.3 is 10.8 Å². The Labute approximate surface area is 90.7 Å². The predicted octanol–water partition coefficient (Wildman–Crippen LogP) is 1.83. The van der Waals surface area contributed by atoms with E-state index in [1.54, 1.807) is 0 Å². The predicted molar refractivity (Wildman–Crippen MR) is 55.1 cm³/mol. The van der Waals surface area contributed by atoms with Crippen LogP contribution < -0.4 is 5.73 Å². The first-order valence-electron chi connectivity index (χ1n) is 2.65. The summed E-state index contributed by atoms with van der Waals surface area (Å²) in [5.74, 6) is -0.825. The molecule has 3 nitrogen and oxygen atoms in total. The van der Waals surface area contributed by atoms with E-state index in [1.807, 2.05) is 0 Å². The summed E-state index contributed by atoms with van der Waals surface area (Å²) in [6.07, 6.45) is 0. The molecule has 0 aliphatic carbocycles. The molecule has 0 heterocycles. The molecule has 0 radical (unpaired) electrons. The van der Waals surface area contributed by atoms with E-state index in [-0.39, 0.29) is 18.2 Å². The van der Waals surface area contributed by atoms with Crippen LogP contribution in [0.3, 0.4) is 0 Å². The van der Waals surface area contributed by atoms with Crippen LogP contribution in [0.4, 0.5) is 0 Å². The maximum Gasteiger partial charge on any atom is 0.321 e. The van der Waals surface area contributed by atoms with Gasteiger partial charge in [0.1, 0.15) is 6.04 Å². The summed E-state index contributed by atoms with van der Waals surface area (Å²) in [5.41, 5.74) is 6.34. The molecule has 0 saturated carbocycles. The molecule has 1 atom stereocenters. The minimum absolute atomic E-state index is 0. The van der Waals surface area contributed by atoms with Crippen LogP contribution in [0.1, 0.15) is 0 Å². The quantitative estimate of drug-likeness (QED) is 0.801. The smallest absolute Gasteiger partial charge is 0.321 e. The minimum atomic E-state index is -1.04. The highest BCUT2D eigenvalue weighted by atomic mass is 35.5. The molecule has 0 unspecified atom stereocenters. The second-order valence-electron chi connectivity index (χ2n) is 1.67. The molecular formula is C5H8Cl3NO2S. The maximum atomic E-state index is 10.2. The number of halogens is 3. The zero-order chi connectivity index (χ0) is 8.85. The van der Waals surface area contributed by atoms with Crippen molar-refractivity contribution in [2.24, 2.45) is 5.73 Å². The lowest BCUT2D eigenvalue weighted by atomic mass is 10.4. The molecule has 3 N–H and O–H groups in total. The molecule has 0 bridgehead atoms. The first kappa shape index (κ1) is 14.9. The largest absolute Gasteiger partial charge is 0.480 e. The van der Waals surface area contributed by atoms with Crippen LogP contribution in [-0.4, -0.2) is 22.9 Å². The summed E-state index contributed by atoms with van der Waals surface area (Å²) >= 11 is 11.8. The third-order valence-corrected chi connectivity index (χ3v) is 2.62. The van der Waals surface area contributed by atoms with Gasteiger partial charge in [-0.15, -0.1) is 24.2 Å². The van der Waals surface area contributed by atoms with E-state index < -0.39 is 12.0 Å². The lowest BCUT2D eigenvalue weighted by molar-refractivity contribution is -0.137. The van der Waals surface area contributed by atoms with Gasteiger partial charge in [-0.05, 0) is 0 Å². The van der Waals surface area contributed by atoms with Gasteiger partial charge in [0.15, 0.2) is 0 Å². The Bertz CT molecular complexity index is 176. The van der Waals surface area contributed by atoms with E-state index in [2.05, 4.69) is 0 Å². The third kappa shape index (κ3) is 7.06. The Morgan fingerprint density at radius 2 is 2.25 bits per heavy atom. The van der Waals surface area contributed by atoms with Crippen LogP contribution >= 0.6 is 47.4 Å². The molecule has 72 valence electrons. The Hall–Kier alpha value is 0.390. The third-order valence-electron chi connectivity index (χ3n) is 0.804. The van der Waals surface area contributed by atoms with Gasteiger partial charge in [-0.1, -0.05) is 23.2 Å². The van der Waals surface area contributed by atoms with Crippen LogP contribution in [0.5, 0.6) is 0 Å². The summed E-state index contributed by atoms with van der Waals surface area (Å²) in [6, 6.07) is -0.898. The van der Waals surface area contributed by atoms with Crippen molar-refractivity contribution in [2.75, 3.05) is 5.75 Å². The number of carboxylic acids is 1. The molecule has 12 heavy (non-hydrogen) atoms. The number of nitrogens with two attached hydrogens (primary N) is 1. The summed E-state index contributed by atoms with van der Waals surface area (Å²) in [6.45, 7) is 0. The SMILES string of the molecule is Cl.N[C@@H](CS/C(Cl)=C\Cl)C(=O)O. The van der Waals surface area contributed by atoms with E-state index in [4.69, 9.17) is 34.0 Å². The molecule has 0 saturated heterocycles. The van der Waals surface area contributed by atoms with Gasteiger partial charge in [0.2, 0.25) is 0 Å². The Morgan fingerprint density at radius 3 is 2.58 bits per heavy atom. The Morgan fingerprint density at radius 1 is 1.75 bits per heavy atom. The van der Waals surface area contributed by atoms with E-state index in [0.29, 0.717) is 4.36 Å². The summed E-state index contributed by atoms with van der Waals surface area (Å²) in [7, 11) is 0. The van der Waals surface area contributed by atoms with Gasteiger partial charge >= 0.3 is 5.97 Å². The highest BCUT2D eigenvalue weighted by Crippen LogP contribution is 2.20. The zero-order valence-electron chi connectivity index (χ0n) is 5.87. The molecule has 0 aromatic heterocycles. The van der Waals surface area contributed by atoms with Crippen molar-refractivity contribution in [3.8, 4) is 0 Å². The second-order valence-corrected chi connectivity index (χ2v) is 3.58. The molecule has 0 aliphatic rings. The molecule has 0 aliphatic heterocycles. The van der Waals surface area contributed by atoms with Crippen LogP contribution in [0, 0.1) is 0 Å². The van der Waals surface area contributed by atoms with Crippen molar-refractivity contribution in [1.82, 2.24) is 0 Å². The molecule has 0 spiro atoms. The molecule has 0 rings (SSSR count). The van der Waals surface area contributed by atoms with Gasteiger partial charge in [0, 0.05) is 11.3 Å². The number of hydrogen-bond donors (Lipinski definition) is 2. The fraction of sp³-hybridized carbons (Fsp3) is 0.400. The van der Waals surface area contributed by atoms with E-state index in [1.165, 1.54) is 5.54 Å². The molecule has 0 aromatic carbocycles. The monoisotopic (exact) mass is 251 g/mol. The average Bonchev–Trinajstić information content (AvgIpc) is 1.99. The van der Waals surface area contributed by atoms with Crippen molar-refractivity contribution in [3.05, 3.63) is 9.90 Å². The molecule has 0 fully saturated rings. The zero-order valence-corrected chi connectivity index (χ0v) is 9.01.